The third-order valence-electron chi connectivity index (χ3n) is 2.77. The van der Waals surface area contributed by atoms with Crippen LogP contribution in [0.15, 0.2) is 29.2 Å². The maximum Gasteiger partial charge on any atom is 0.255 e. The van der Waals surface area contributed by atoms with E-state index in [-0.39, 0.29) is 4.90 Å². The van der Waals surface area contributed by atoms with Crippen LogP contribution < -0.4 is 10.7 Å². The maximum absolute atomic E-state index is 11.8. The Balaban J connectivity index is 2.95. The molecule has 86 valence electrons. The summed E-state index contributed by atoms with van der Waals surface area (Å²) in [5, 5.41) is 0.681. The lowest BCUT2D eigenvalue weighted by molar-refractivity contribution is 0.584. The van der Waals surface area contributed by atoms with Crippen LogP contribution in [0.5, 0.6) is 0 Å². The van der Waals surface area contributed by atoms with Gasteiger partial charge in [-0.3, -0.25) is 5.84 Å². The van der Waals surface area contributed by atoms with E-state index in [2.05, 4.69) is 0 Å². The minimum Gasteiger partial charge on any atom is -0.347 e. The van der Waals surface area contributed by atoms with E-state index in [9.17, 15) is 8.42 Å². The predicted octanol–water partition coefficient (Wildman–Crippen LogP) is 0.639. The number of hydrogen-bond donors (Lipinski definition) is 2. The topological polar surface area (TPSA) is 77.1 Å². The van der Waals surface area contributed by atoms with E-state index in [0.717, 1.165) is 5.52 Å². The SMILES string of the molecule is Cc1c(S(=O)(=O)NN)c2ccccc2n1C. The van der Waals surface area contributed by atoms with Gasteiger partial charge in [-0.15, -0.1) is 4.83 Å². The number of benzene rings is 1. The molecule has 1 heterocycles. The van der Waals surface area contributed by atoms with Crippen LogP contribution in [0.4, 0.5) is 0 Å². The molecule has 0 bridgehead atoms. The van der Waals surface area contributed by atoms with Gasteiger partial charge in [0.15, 0.2) is 0 Å². The van der Waals surface area contributed by atoms with Gasteiger partial charge in [-0.2, -0.15) is 0 Å². The Hall–Kier alpha value is -1.37. The second-order valence-electron chi connectivity index (χ2n) is 3.61. The zero-order chi connectivity index (χ0) is 11.9. The Labute approximate surface area is 93.9 Å². The molecule has 0 unspecified atom stereocenters. The monoisotopic (exact) mass is 239 g/mol. The molecule has 3 N–H and O–H groups in total. The van der Waals surface area contributed by atoms with Crippen molar-refractivity contribution in [2.45, 2.75) is 11.8 Å². The number of nitrogens with zero attached hydrogens (tertiary/aromatic N) is 1. The number of hydrogen-bond acceptors (Lipinski definition) is 3. The molecule has 1 aromatic heterocycles. The lowest BCUT2D eigenvalue weighted by atomic mass is 10.2. The Morgan fingerprint density at radius 1 is 1.31 bits per heavy atom. The Morgan fingerprint density at radius 3 is 2.56 bits per heavy atom. The van der Waals surface area contributed by atoms with E-state index in [1.165, 1.54) is 0 Å². The predicted molar refractivity (Wildman–Crippen MR) is 62.2 cm³/mol. The van der Waals surface area contributed by atoms with Crippen molar-refractivity contribution in [3.05, 3.63) is 30.0 Å². The smallest absolute Gasteiger partial charge is 0.255 e. The lowest BCUT2D eigenvalue weighted by Gasteiger charge is -2.02. The van der Waals surface area contributed by atoms with E-state index in [1.54, 1.807) is 19.1 Å². The number of nitrogens with two attached hydrogens (primary N) is 1. The van der Waals surface area contributed by atoms with Crippen LogP contribution in [0.3, 0.4) is 0 Å². The van der Waals surface area contributed by atoms with Crippen LogP contribution in [-0.4, -0.2) is 13.0 Å². The summed E-state index contributed by atoms with van der Waals surface area (Å²) in [6.45, 7) is 1.75. The van der Waals surface area contributed by atoms with Crippen molar-refractivity contribution < 1.29 is 8.42 Å². The van der Waals surface area contributed by atoms with Gasteiger partial charge in [0.2, 0.25) is 0 Å². The summed E-state index contributed by atoms with van der Waals surface area (Å²) in [5.74, 6) is 5.06. The molecule has 16 heavy (non-hydrogen) atoms. The summed E-state index contributed by atoms with van der Waals surface area (Å²) < 4.78 is 25.4. The molecule has 0 fully saturated rings. The fraction of sp³-hybridized carbons (Fsp3) is 0.200. The molecule has 0 aliphatic rings. The second-order valence-corrected chi connectivity index (χ2v) is 5.26. The van der Waals surface area contributed by atoms with Crippen LogP contribution in [0.1, 0.15) is 5.69 Å². The van der Waals surface area contributed by atoms with E-state index in [0.29, 0.717) is 11.1 Å². The number of rotatable bonds is 2. The highest BCUT2D eigenvalue weighted by Gasteiger charge is 2.22. The first-order valence-corrected chi connectivity index (χ1v) is 6.24. The van der Waals surface area contributed by atoms with Gasteiger partial charge in [-0.1, -0.05) is 18.2 Å². The number of aryl methyl sites for hydroxylation is 1. The summed E-state index contributed by atoms with van der Waals surface area (Å²) in [7, 11) is -1.80. The summed E-state index contributed by atoms with van der Waals surface area (Å²) in [4.78, 5) is 2.11. The fourth-order valence-electron chi connectivity index (χ4n) is 1.88. The summed E-state index contributed by atoms with van der Waals surface area (Å²) >= 11 is 0. The Morgan fingerprint density at radius 2 is 1.94 bits per heavy atom. The van der Waals surface area contributed by atoms with E-state index < -0.39 is 10.0 Å². The second kappa shape index (κ2) is 3.58. The lowest BCUT2D eigenvalue weighted by Crippen LogP contribution is -2.30. The quantitative estimate of drug-likeness (QED) is 0.596. The van der Waals surface area contributed by atoms with Crippen molar-refractivity contribution >= 4 is 20.9 Å². The highest BCUT2D eigenvalue weighted by atomic mass is 32.2. The van der Waals surface area contributed by atoms with Crippen molar-refractivity contribution in [2.24, 2.45) is 12.9 Å². The molecule has 0 aliphatic carbocycles. The number of nitrogens with one attached hydrogen (secondary N) is 1. The van der Waals surface area contributed by atoms with Gasteiger partial charge in [0.25, 0.3) is 10.0 Å². The molecule has 0 radical (unpaired) electrons. The molecule has 0 spiro atoms. The van der Waals surface area contributed by atoms with E-state index in [1.807, 2.05) is 28.6 Å². The third-order valence-corrected chi connectivity index (χ3v) is 4.13. The van der Waals surface area contributed by atoms with Crippen LogP contribution in [0.25, 0.3) is 10.9 Å². The van der Waals surface area contributed by atoms with Crippen molar-refractivity contribution in [1.29, 1.82) is 0 Å². The van der Waals surface area contributed by atoms with Crippen molar-refractivity contribution in [3.8, 4) is 0 Å². The third kappa shape index (κ3) is 1.42. The zero-order valence-electron chi connectivity index (χ0n) is 9.06. The number of para-hydroxylation sites is 1. The van der Waals surface area contributed by atoms with Crippen LogP contribution >= 0.6 is 0 Å². The average Bonchev–Trinajstić information content (AvgIpc) is 2.53. The molecule has 0 atom stereocenters. The van der Waals surface area contributed by atoms with Gasteiger partial charge in [0.05, 0.1) is 0 Å². The van der Waals surface area contributed by atoms with Gasteiger partial charge in [-0.25, -0.2) is 8.42 Å². The minimum atomic E-state index is -3.63. The first-order valence-electron chi connectivity index (χ1n) is 4.75. The van der Waals surface area contributed by atoms with E-state index in [4.69, 9.17) is 5.84 Å². The highest BCUT2D eigenvalue weighted by molar-refractivity contribution is 7.89. The summed E-state index contributed by atoms with van der Waals surface area (Å²) in [5.41, 5.74) is 1.54. The first-order chi connectivity index (χ1) is 7.49. The molecule has 2 rings (SSSR count). The first kappa shape index (κ1) is 11.1. The zero-order valence-corrected chi connectivity index (χ0v) is 9.88. The molecule has 0 aliphatic heterocycles. The average molecular weight is 239 g/mol. The Bertz CT molecular complexity index is 643. The summed E-state index contributed by atoms with van der Waals surface area (Å²) in [6.07, 6.45) is 0. The van der Waals surface area contributed by atoms with Gasteiger partial charge in [0.1, 0.15) is 4.90 Å². The molecule has 6 heteroatoms. The highest BCUT2D eigenvalue weighted by Crippen LogP contribution is 2.28. The van der Waals surface area contributed by atoms with Gasteiger partial charge < -0.3 is 4.57 Å². The van der Waals surface area contributed by atoms with Crippen molar-refractivity contribution in [1.82, 2.24) is 9.40 Å². The molecule has 0 saturated heterocycles. The van der Waals surface area contributed by atoms with Crippen LogP contribution in [0, 0.1) is 6.92 Å². The normalized spacial score (nSPS) is 12.2. The molecule has 2 aromatic rings. The number of aromatic nitrogens is 1. The Kier molecular flexibility index (Phi) is 2.49. The number of sulfonamides is 1. The summed E-state index contributed by atoms with van der Waals surface area (Å²) in [6, 6.07) is 7.32. The van der Waals surface area contributed by atoms with Crippen molar-refractivity contribution in [2.75, 3.05) is 0 Å². The molecular formula is C10H13N3O2S. The van der Waals surface area contributed by atoms with Crippen LogP contribution in [0.2, 0.25) is 0 Å². The largest absolute Gasteiger partial charge is 0.347 e. The molecule has 0 amide bonds. The van der Waals surface area contributed by atoms with Crippen molar-refractivity contribution in [3.63, 3.8) is 0 Å². The van der Waals surface area contributed by atoms with Gasteiger partial charge >= 0.3 is 0 Å². The van der Waals surface area contributed by atoms with Gasteiger partial charge in [0, 0.05) is 23.6 Å². The number of hydrazine groups is 1. The maximum atomic E-state index is 11.8. The molecule has 5 nitrogen and oxygen atoms in total. The van der Waals surface area contributed by atoms with E-state index >= 15 is 0 Å². The number of fused-ring (bicyclic) bond motifs is 1. The minimum absolute atomic E-state index is 0.244. The molecule has 1 aromatic carbocycles. The molecular weight excluding hydrogens is 226 g/mol. The van der Waals surface area contributed by atoms with Gasteiger partial charge in [-0.05, 0) is 13.0 Å². The standard InChI is InChI=1S/C10H13N3O2S/c1-7-10(16(14,15)12-11)8-5-3-4-6-9(8)13(7)2/h3-6,12H,11H2,1-2H3. The fourth-order valence-corrected chi connectivity index (χ4v) is 2.99. The van der Waals surface area contributed by atoms with Crippen LogP contribution in [-0.2, 0) is 17.1 Å². The molecule has 0 saturated carbocycles.